The van der Waals surface area contributed by atoms with Crippen LogP contribution in [0.15, 0.2) is 60.7 Å². The van der Waals surface area contributed by atoms with E-state index in [-0.39, 0.29) is 5.97 Å². The zero-order valence-corrected chi connectivity index (χ0v) is 18.3. The van der Waals surface area contributed by atoms with Crippen molar-refractivity contribution in [1.29, 1.82) is 0 Å². The summed E-state index contributed by atoms with van der Waals surface area (Å²) in [6.07, 6.45) is -0.452. The van der Waals surface area contributed by atoms with Gasteiger partial charge < -0.3 is 20.1 Å². The number of carbonyl (C=O) groups excluding carboxylic acids is 2. The van der Waals surface area contributed by atoms with Crippen molar-refractivity contribution in [3.8, 4) is 0 Å². The normalized spacial score (nSPS) is 11.1. The molecule has 0 radical (unpaired) electrons. The fourth-order valence-corrected chi connectivity index (χ4v) is 3.20. The molecule has 0 aromatic heterocycles. The second-order valence-corrected chi connectivity index (χ2v) is 8.11. The molecule has 6 nitrogen and oxygen atoms in total. The van der Waals surface area contributed by atoms with E-state index in [1.54, 1.807) is 13.0 Å². The van der Waals surface area contributed by atoms with Crippen molar-refractivity contribution in [2.45, 2.75) is 39.8 Å². The molecular weight excluding hydrogens is 392 g/mol. The number of rotatable bonds is 6. The smallest absolute Gasteiger partial charge is 0.407 e. The molecule has 0 unspecified atom stereocenters. The van der Waals surface area contributed by atoms with Gasteiger partial charge >= 0.3 is 12.1 Å². The van der Waals surface area contributed by atoms with Crippen LogP contribution >= 0.6 is 0 Å². The molecule has 162 valence electrons. The van der Waals surface area contributed by atoms with Gasteiger partial charge in [0.2, 0.25) is 0 Å². The number of ether oxygens (including phenoxy) is 2. The first-order chi connectivity index (χ1) is 14.8. The second kappa shape index (κ2) is 9.51. The van der Waals surface area contributed by atoms with Gasteiger partial charge in [0.1, 0.15) is 5.60 Å². The second-order valence-electron chi connectivity index (χ2n) is 8.11. The molecule has 1 amide bonds. The lowest BCUT2D eigenvalue weighted by atomic mass is 10.0. The summed E-state index contributed by atoms with van der Waals surface area (Å²) in [7, 11) is 0. The Hall–Kier alpha value is -3.54. The van der Waals surface area contributed by atoms with Gasteiger partial charge in [-0.3, -0.25) is 0 Å². The van der Waals surface area contributed by atoms with E-state index in [1.165, 1.54) is 0 Å². The molecule has 0 saturated carbocycles. The number of carbonyl (C=O) groups is 2. The predicted octanol–water partition coefficient (Wildman–Crippen LogP) is 5.78. The Bertz CT molecular complexity index is 1090. The van der Waals surface area contributed by atoms with Crippen molar-refractivity contribution in [1.82, 2.24) is 5.32 Å². The lowest BCUT2D eigenvalue weighted by Gasteiger charge is -2.19. The summed E-state index contributed by atoms with van der Waals surface area (Å²) in [5.74, 6) is -0.333. The molecule has 2 N–H and O–H groups in total. The van der Waals surface area contributed by atoms with E-state index < -0.39 is 11.7 Å². The van der Waals surface area contributed by atoms with Crippen molar-refractivity contribution < 1.29 is 19.1 Å². The molecule has 0 bridgehead atoms. The summed E-state index contributed by atoms with van der Waals surface area (Å²) in [5, 5.41) is 7.93. The highest BCUT2D eigenvalue weighted by Crippen LogP contribution is 2.30. The van der Waals surface area contributed by atoms with Crippen LogP contribution in [0.4, 0.5) is 16.2 Å². The molecule has 0 aliphatic carbocycles. The molecule has 3 aromatic rings. The Kier molecular flexibility index (Phi) is 6.80. The lowest BCUT2D eigenvalue weighted by Crippen LogP contribution is -2.32. The van der Waals surface area contributed by atoms with Crippen LogP contribution in [0.5, 0.6) is 0 Å². The summed E-state index contributed by atoms with van der Waals surface area (Å²) < 4.78 is 10.5. The number of alkyl carbamates (subject to hydrolysis) is 1. The summed E-state index contributed by atoms with van der Waals surface area (Å²) in [4.78, 5) is 24.2. The maximum Gasteiger partial charge on any atom is 0.407 e. The van der Waals surface area contributed by atoms with Crippen LogP contribution in [0.1, 0.15) is 43.6 Å². The lowest BCUT2D eigenvalue weighted by molar-refractivity contribution is 0.0515. The number of fused-ring (bicyclic) bond motifs is 1. The third kappa shape index (κ3) is 5.98. The fraction of sp³-hybridized carbons (Fsp3) is 0.280. The van der Waals surface area contributed by atoms with Crippen molar-refractivity contribution in [3.63, 3.8) is 0 Å². The first kappa shape index (κ1) is 22.2. The zero-order chi connectivity index (χ0) is 22.4. The molecule has 6 heteroatoms. The van der Waals surface area contributed by atoms with E-state index in [2.05, 4.69) is 10.6 Å². The van der Waals surface area contributed by atoms with Crippen molar-refractivity contribution in [2.24, 2.45) is 0 Å². The quantitative estimate of drug-likeness (QED) is 0.494. The molecule has 0 heterocycles. The summed E-state index contributed by atoms with van der Waals surface area (Å²) in [6, 6.07) is 19.1. The van der Waals surface area contributed by atoms with Gasteiger partial charge in [0, 0.05) is 23.3 Å². The van der Waals surface area contributed by atoms with Crippen LogP contribution in [-0.4, -0.2) is 24.3 Å². The van der Waals surface area contributed by atoms with Crippen molar-refractivity contribution in [3.05, 3.63) is 71.8 Å². The highest BCUT2D eigenvalue weighted by molar-refractivity contribution is 6.08. The molecule has 3 rings (SSSR count). The molecule has 0 atom stereocenters. The molecule has 0 aliphatic heterocycles. The number of anilines is 2. The van der Waals surface area contributed by atoms with Crippen LogP contribution in [0.25, 0.3) is 10.8 Å². The standard InChI is InChI=1S/C25H28N2O4/c1-5-30-23(28)21-13-14-22(20-12-7-6-11-19(20)21)27-18-10-8-9-17(15-18)16-26-24(29)31-25(2,3)4/h6-15,27H,5,16H2,1-4H3,(H,26,29). The first-order valence-corrected chi connectivity index (χ1v) is 10.3. The third-order valence-electron chi connectivity index (χ3n) is 4.46. The average Bonchev–Trinajstić information content (AvgIpc) is 2.72. The molecule has 0 spiro atoms. The van der Waals surface area contributed by atoms with Crippen molar-refractivity contribution >= 4 is 34.2 Å². The van der Waals surface area contributed by atoms with Gasteiger partial charge in [-0.25, -0.2) is 9.59 Å². The van der Waals surface area contributed by atoms with Gasteiger partial charge in [-0.15, -0.1) is 0 Å². The molecule has 0 fully saturated rings. The van der Waals surface area contributed by atoms with Gasteiger partial charge in [0.05, 0.1) is 12.2 Å². The number of amides is 1. The summed E-state index contributed by atoms with van der Waals surface area (Å²) in [5.41, 5.74) is 2.68. The number of esters is 1. The van der Waals surface area contributed by atoms with E-state index >= 15 is 0 Å². The minimum atomic E-state index is -0.537. The monoisotopic (exact) mass is 420 g/mol. The summed E-state index contributed by atoms with van der Waals surface area (Å²) >= 11 is 0. The molecule has 31 heavy (non-hydrogen) atoms. The van der Waals surface area contributed by atoms with Gasteiger partial charge in [-0.05, 0) is 62.9 Å². The minimum Gasteiger partial charge on any atom is -0.462 e. The highest BCUT2D eigenvalue weighted by atomic mass is 16.6. The topological polar surface area (TPSA) is 76.7 Å². The van der Waals surface area contributed by atoms with Gasteiger partial charge in [0.15, 0.2) is 0 Å². The Labute approximate surface area is 182 Å². The van der Waals surface area contributed by atoms with E-state index in [0.717, 1.165) is 27.7 Å². The molecule has 0 aliphatic rings. The Balaban J connectivity index is 1.79. The molecule has 0 saturated heterocycles. The van der Waals surface area contributed by atoms with E-state index in [4.69, 9.17) is 9.47 Å². The average molecular weight is 421 g/mol. The van der Waals surface area contributed by atoms with Crippen LogP contribution in [-0.2, 0) is 16.0 Å². The first-order valence-electron chi connectivity index (χ1n) is 10.3. The Morgan fingerprint density at radius 1 is 0.935 bits per heavy atom. The van der Waals surface area contributed by atoms with Gasteiger partial charge in [-0.1, -0.05) is 36.4 Å². The number of hydrogen-bond donors (Lipinski definition) is 2. The third-order valence-corrected chi connectivity index (χ3v) is 4.46. The van der Waals surface area contributed by atoms with Crippen LogP contribution in [0, 0.1) is 0 Å². The van der Waals surface area contributed by atoms with Crippen LogP contribution < -0.4 is 10.6 Å². The number of benzene rings is 3. The number of hydrogen-bond acceptors (Lipinski definition) is 5. The maximum atomic E-state index is 12.3. The number of nitrogens with one attached hydrogen (secondary N) is 2. The van der Waals surface area contributed by atoms with Crippen LogP contribution in [0.2, 0.25) is 0 Å². The van der Waals surface area contributed by atoms with Gasteiger partial charge in [-0.2, -0.15) is 0 Å². The Morgan fingerprint density at radius 3 is 2.39 bits per heavy atom. The predicted molar refractivity (Wildman–Crippen MR) is 123 cm³/mol. The largest absolute Gasteiger partial charge is 0.462 e. The van der Waals surface area contributed by atoms with E-state index in [9.17, 15) is 9.59 Å². The van der Waals surface area contributed by atoms with Gasteiger partial charge in [0.25, 0.3) is 0 Å². The highest BCUT2D eigenvalue weighted by Gasteiger charge is 2.16. The zero-order valence-electron chi connectivity index (χ0n) is 18.3. The SMILES string of the molecule is CCOC(=O)c1ccc(Nc2cccc(CNC(=O)OC(C)(C)C)c2)c2ccccc12. The minimum absolute atomic E-state index is 0.331. The molecular formula is C25H28N2O4. The van der Waals surface area contributed by atoms with Crippen LogP contribution in [0.3, 0.4) is 0 Å². The maximum absolute atomic E-state index is 12.3. The fourth-order valence-electron chi connectivity index (χ4n) is 3.20. The molecule has 3 aromatic carbocycles. The summed E-state index contributed by atoms with van der Waals surface area (Å²) in [6.45, 7) is 7.96. The Morgan fingerprint density at radius 2 is 1.68 bits per heavy atom. The van der Waals surface area contributed by atoms with E-state index in [1.807, 2.05) is 75.4 Å². The van der Waals surface area contributed by atoms with Crippen molar-refractivity contribution in [2.75, 3.05) is 11.9 Å². The van der Waals surface area contributed by atoms with E-state index in [0.29, 0.717) is 18.7 Å².